The molecule has 0 amide bonds. The van der Waals surface area contributed by atoms with Crippen LogP contribution in [0.5, 0.6) is 0 Å². The van der Waals surface area contributed by atoms with Gasteiger partial charge >= 0.3 is 27.3 Å². The first kappa shape index (κ1) is 24.9. The molecule has 5 heteroatoms. The molecule has 0 heterocycles. The third kappa shape index (κ3) is 14.7. The molecule has 2 aliphatic carbocycles. The second-order valence-corrected chi connectivity index (χ2v) is 7.54. The van der Waals surface area contributed by atoms with Gasteiger partial charge in [-0.15, -0.1) is 0 Å². The molecule has 142 valence electrons. The SMILES string of the molecule is O=C([O-])CCCC1CCCCC1.O=C([O-])CCCC1CCCCC1.[Pb+2]. The van der Waals surface area contributed by atoms with Crippen molar-refractivity contribution >= 4 is 39.2 Å². The summed E-state index contributed by atoms with van der Waals surface area (Å²) in [5, 5.41) is 20.3. The van der Waals surface area contributed by atoms with Crippen LogP contribution in [-0.2, 0) is 9.59 Å². The average molecular weight is 546 g/mol. The van der Waals surface area contributed by atoms with Gasteiger partial charge in [0.15, 0.2) is 0 Å². The number of hydrogen-bond donors (Lipinski definition) is 0. The number of carboxylic acid groups (broad SMARTS) is 2. The van der Waals surface area contributed by atoms with Gasteiger partial charge in [0.05, 0.1) is 0 Å². The first-order chi connectivity index (χ1) is 11.6. The maximum atomic E-state index is 10.1. The van der Waals surface area contributed by atoms with Crippen LogP contribution in [0.15, 0.2) is 0 Å². The second-order valence-electron chi connectivity index (χ2n) is 7.54. The molecule has 0 atom stereocenters. The van der Waals surface area contributed by atoms with Gasteiger partial charge in [-0.2, -0.15) is 0 Å². The minimum atomic E-state index is -0.897. The zero-order chi connectivity index (χ0) is 17.6. The Kier molecular flexibility index (Phi) is 16.0. The van der Waals surface area contributed by atoms with Gasteiger partial charge in [-0.05, 0) is 37.5 Å². The van der Waals surface area contributed by atoms with Gasteiger partial charge in [0.25, 0.3) is 0 Å². The van der Waals surface area contributed by atoms with Crippen LogP contribution in [0.3, 0.4) is 0 Å². The largest absolute Gasteiger partial charge is 2.00 e. The van der Waals surface area contributed by atoms with Crippen molar-refractivity contribution in [1.29, 1.82) is 0 Å². The molecule has 2 radical (unpaired) electrons. The molecule has 2 rings (SSSR count). The molecule has 0 aromatic rings. The maximum Gasteiger partial charge on any atom is 2.00 e. The van der Waals surface area contributed by atoms with Gasteiger partial charge in [0.1, 0.15) is 0 Å². The molecule has 0 aliphatic heterocycles. The van der Waals surface area contributed by atoms with Crippen LogP contribution in [0.4, 0.5) is 0 Å². The molecule has 0 N–H and O–H groups in total. The topological polar surface area (TPSA) is 80.3 Å². The Hall–Kier alpha value is -0.138. The number of carbonyl (C=O) groups is 2. The summed E-state index contributed by atoms with van der Waals surface area (Å²) < 4.78 is 0. The van der Waals surface area contributed by atoms with Gasteiger partial charge in [-0.3, -0.25) is 0 Å². The van der Waals surface area contributed by atoms with E-state index in [1.54, 1.807) is 0 Å². The first-order valence-electron chi connectivity index (χ1n) is 9.97. The Bertz CT molecular complexity index is 314. The van der Waals surface area contributed by atoms with E-state index in [2.05, 4.69) is 0 Å². The Balaban J connectivity index is 0.000000443. The molecule has 2 fully saturated rings. The predicted molar refractivity (Wildman–Crippen MR) is 96.6 cm³/mol. The number of carboxylic acids is 2. The Labute approximate surface area is 173 Å². The molecule has 0 aromatic carbocycles. The fourth-order valence-corrected chi connectivity index (χ4v) is 4.02. The first-order valence-corrected chi connectivity index (χ1v) is 9.97. The quantitative estimate of drug-likeness (QED) is 0.439. The van der Waals surface area contributed by atoms with Gasteiger partial charge in [-0.1, -0.05) is 77.0 Å². The molecular weight excluding hydrogens is 511 g/mol. The van der Waals surface area contributed by atoms with Gasteiger partial charge < -0.3 is 19.8 Å². The molecule has 0 saturated heterocycles. The van der Waals surface area contributed by atoms with Crippen LogP contribution in [0.2, 0.25) is 0 Å². The molecule has 2 saturated carbocycles. The zero-order valence-electron chi connectivity index (χ0n) is 15.6. The van der Waals surface area contributed by atoms with Crippen LogP contribution in [0.25, 0.3) is 0 Å². The molecule has 2 aliphatic rings. The minimum Gasteiger partial charge on any atom is -0.550 e. The zero-order valence-corrected chi connectivity index (χ0v) is 19.5. The third-order valence-electron chi connectivity index (χ3n) is 5.44. The van der Waals surface area contributed by atoms with E-state index in [0.717, 1.165) is 37.5 Å². The van der Waals surface area contributed by atoms with Crippen molar-refractivity contribution in [3.63, 3.8) is 0 Å². The van der Waals surface area contributed by atoms with Crippen molar-refractivity contribution in [2.45, 2.75) is 103 Å². The number of hydrogen-bond acceptors (Lipinski definition) is 4. The molecular formula is C20H34O4Pb. The summed E-state index contributed by atoms with van der Waals surface area (Å²) in [7, 11) is 0. The van der Waals surface area contributed by atoms with Crippen LogP contribution >= 0.6 is 0 Å². The normalized spacial score (nSPS) is 18.6. The third-order valence-corrected chi connectivity index (χ3v) is 5.44. The van der Waals surface area contributed by atoms with Crippen molar-refractivity contribution in [2.24, 2.45) is 11.8 Å². The van der Waals surface area contributed by atoms with Crippen LogP contribution in [0.1, 0.15) is 103 Å². The summed E-state index contributed by atoms with van der Waals surface area (Å²) in [5.74, 6) is -0.187. The molecule has 25 heavy (non-hydrogen) atoms. The summed E-state index contributed by atoms with van der Waals surface area (Å²) in [6.07, 6.45) is 17.7. The summed E-state index contributed by atoms with van der Waals surface area (Å²) in [4.78, 5) is 20.3. The number of carbonyl (C=O) groups excluding carboxylic acids is 2. The van der Waals surface area contributed by atoms with E-state index < -0.39 is 11.9 Å². The smallest absolute Gasteiger partial charge is 0.550 e. The Morgan fingerprint density at radius 2 is 0.960 bits per heavy atom. The van der Waals surface area contributed by atoms with E-state index in [1.165, 1.54) is 64.2 Å². The average Bonchev–Trinajstić information content (AvgIpc) is 2.57. The molecule has 0 aromatic heterocycles. The fourth-order valence-electron chi connectivity index (χ4n) is 4.02. The van der Waals surface area contributed by atoms with Gasteiger partial charge in [0, 0.05) is 11.9 Å². The monoisotopic (exact) mass is 546 g/mol. The van der Waals surface area contributed by atoms with Crippen LogP contribution in [-0.4, -0.2) is 39.2 Å². The summed E-state index contributed by atoms with van der Waals surface area (Å²) in [6, 6.07) is 0. The standard InChI is InChI=1S/2C10H18O2.Pb/c2*11-10(12)8-4-7-9-5-2-1-3-6-9;/h2*9H,1-8H2,(H,11,12);/q;;+2/p-2. The predicted octanol–water partition coefficient (Wildman–Crippen LogP) is 2.59. The maximum absolute atomic E-state index is 10.1. The summed E-state index contributed by atoms with van der Waals surface area (Å²) in [5.41, 5.74) is 0. The molecule has 0 unspecified atom stereocenters. The van der Waals surface area contributed by atoms with E-state index >= 15 is 0 Å². The Morgan fingerprint density at radius 3 is 1.24 bits per heavy atom. The fraction of sp³-hybridized carbons (Fsp3) is 0.900. The summed E-state index contributed by atoms with van der Waals surface area (Å²) >= 11 is 0. The van der Waals surface area contributed by atoms with Crippen molar-refractivity contribution in [3.05, 3.63) is 0 Å². The van der Waals surface area contributed by atoms with E-state index in [9.17, 15) is 19.8 Å². The van der Waals surface area contributed by atoms with Crippen LogP contribution in [0, 0.1) is 11.8 Å². The molecule has 0 bridgehead atoms. The molecule has 0 spiro atoms. The second kappa shape index (κ2) is 16.1. The van der Waals surface area contributed by atoms with Gasteiger partial charge in [-0.25, -0.2) is 0 Å². The van der Waals surface area contributed by atoms with Crippen LogP contribution < -0.4 is 10.2 Å². The van der Waals surface area contributed by atoms with Crippen molar-refractivity contribution in [3.8, 4) is 0 Å². The van der Waals surface area contributed by atoms with E-state index in [4.69, 9.17) is 0 Å². The number of rotatable bonds is 8. The van der Waals surface area contributed by atoms with Crippen molar-refractivity contribution in [2.75, 3.05) is 0 Å². The van der Waals surface area contributed by atoms with E-state index in [0.29, 0.717) is 0 Å². The van der Waals surface area contributed by atoms with E-state index in [1.807, 2.05) is 0 Å². The summed E-state index contributed by atoms with van der Waals surface area (Å²) in [6.45, 7) is 0. The van der Waals surface area contributed by atoms with Crippen molar-refractivity contribution < 1.29 is 19.8 Å². The van der Waals surface area contributed by atoms with Gasteiger partial charge in [0.2, 0.25) is 0 Å². The Morgan fingerprint density at radius 1 is 0.640 bits per heavy atom. The molecule has 4 nitrogen and oxygen atoms in total. The van der Waals surface area contributed by atoms with Crippen molar-refractivity contribution in [1.82, 2.24) is 0 Å². The van der Waals surface area contributed by atoms with E-state index in [-0.39, 0.29) is 40.1 Å². The number of aliphatic carboxylic acids is 2. The minimum absolute atomic E-state index is 0.